The van der Waals surface area contributed by atoms with Crippen molar-refractivity contribution in [3.8, 4) is 0 Å². The van der Waals surface area contributed by atoms with Gasteiger partial charge in [-0.05, 0) is 37.8 Å². The summed E-state index contributed by atoms with van der Waals surface area (Å²) in [6.45, 7) is 2.71. The molecular formula is C14H21FN2O2S. The quantitative estimate of drug-likeness (QED) is 0.905. The zero-order chi connectivity index (χ0) is 14.6. The molecule has 0 radical (unpaired) electrons. The number of hydrogen-bond acceptors (Lipinski definition) is 2. The number of rotatable bonds is 5. The fourth-order valence-corrected chi connectivity index (χ4v) is 4.00. The van der Waals surface area contributed by atoms with E-state index in [1.807, 2.05) is 6.92 Å². The lowest BCUT2D eigenvalue weighted by Gasteiger charge is -2.32. The maximum atomic E-state index is 13.4. The van der Waals surface area contributed by atoms with Gasteiger partial charge in [0.15, 0.2) is 0 Å². The second-order valence-corrected chi connectivity index (χ2v) is 6.90. The highest BCUT2D eigenvalue weighted by Gasteiger charge is 2.28. The first-order valence-electron chi connectivity index (χ1n) is 7.00. The fourth-order valence-electron chi connectivity index (χ4n) is 2.53. The van der Waals surface area contributed by atoms with E-state index in [0.717, 1.165) is 19.3 Å². The Kier molecular flexibility index (Phi) is 5.12. The second kappa shape index (κ2) is 6.65. The Morgan fingerprint density at radius 1 is 1.35 bits per heavy atom. The summed E-state index contributed by atoms with van der Waals surface area (Å²) in [5, 5.41) is 0. The van der Waals surface area contributed by atoms with Gasteiger partial charge in [-0.3, -0.25) is 0 Å². The molecule has 1 aromatic carbocycles. The Labute approximate surface area is 120 Å². The number of nitrogens with one attached hydrogen (secondary N) is 1. The summed E-state index contributed by atoms with van der Waals surface area (Å²) < 4.78 is 41.9. The van der Waals surface area contributed by atoms with Crippen molar-refractivity contribution in [1.82, 2.24) is 9.03 Å². The monoisotopic (exact) mass is 300 g/mol. The van der Waals surface area contributed by atoms with Gasteiger partial charge < -0.3 is 0 Å². The summed E-state index contributed by atoms with van der Waals surface area (Å²) in [7, 11) is -3.45. The summed E-state index contributed by atoms with van der Waals surface area (Å²) in [5.41, 5.74) is 0.530. The van der Waals surface area contributed by atoms with Crippen LogP contribution < -0.4 is 4.72 Å². The molecule has 20 heavy (non-hydrogen) atoms. The second-order valence-electron chi connectivity index (χ2n) is 5.20. The molecule has 0 amide bonds. The Balaban J connectivity index is 1.91. The van der Waals surface area contributed by atoms with Gasteiger partial charge in [0.25, 0.3) is 10.2 Å². The first kappa shape index (κ1) is 15.4. The van der Waals surface area contributed by atoms with Crippen molar-refractivity contribution < 1.29 is 12.8 Å². The first-order valence-corrected chi connectivity index (χ1v) is 8.44. The highest BCUT2D eigenvalue weighted by atomic mass is 32.2. The van der Waals surface area contributed by atoms with Crippen molar-refractivity contribution in [3.05, 3.63) is 35.6 Å². The maximum Gasteiger partial charge on any atom is 0.279 e. The van der Waals surface area contributed by atoms with E-state index in [1.165, 1.54) is 10.4 Å². The predicted octanol–water partition coefficient (Wildman–Crippen LogP) is 2.08. The first-order chi connectivity index (χ1) is 9.50. The van der Waals surface area contributed by atoms with Crippen molar-refractivity contribution in [1.29, 1.82) is 0 Å². The summed E-state index contributed by atoms with van der Waals surface area (Å²) in [5.74, 6) is -0.293. The molecule has 112 valence electrons. The van der Waals surface area contributed by atoms with E-state index < -0.39 is 10.2 Å². The molecule has 0 aromatic heterocycles. The molecule has 4 nitrogen and oxygen atoms in total. The van der Waals surface area contributed by atoms with E-state index in [1.54, 1.807) is 18.2 Å². The molecule has 1 aliphatic heterocycles. The van der Waals surface area contributed by atoms with Gasteiger partial charge >= 0.3 is 0 Å². The Bertz CT molecular complexity index is 548. The van der Waals surface area contributed by atoms with E-state index in [-0.39, 0.29) is 18.4 Å². The summed E-state index contributed by atoms with van der Waals surface area (Å²) in [6.07, 6.45) is 3.23. The van der Waals surface area contributed by atoms with Crippen LogP contribution in [-0.2, 0) is 16.6 Å². The molecule has 1 fully saturated rings. The van der Waals surface area contributed by atoms with Crippen LogP contribution in [0.25, 0.3) is 0 Å². The SMILES string of the molecule is CC1CCCCN1S(=O)(=O)NCCc1ccccc1F. The molecular weight excluding hydrogens is 279 g/mol. The average Bonchev–Trinajstić information content (AvgIpc) is 2.41. The highest BCUT2D eigenvalue weighted by Crippen LogP contribution is 2.19. The van der Waals surface area contributed by atoms with Gasteiger partial charge in [0.05, 0.1) is 0 Å². The number of benzene rings is 1. The van der Waals surface area contributed by atoms with Crippen LogP contribution in [-0.4, -0.2) is 31.9 Å². The van der Waals surface area contributed by atoms with E-state index >= 15 is 0 Å². The normalized spacial score (nSPS) is 21.0. The standard InChI is InChI=1S/C14H21FN2O2S/c1-12-6-4-5-11-17(12)20(18,19)16-10-9-13-7-2-3-8-14(13)15/h2-3,7-8,12,16H,4-6,9-11H2,1H3. The van der Waals surface area contributed by atoms with Crippen LogP contribution in [0.4, 0.5) is 4.39 Å². The lowest BCUT2D eigenvalue weighted by Crippen LogP contribution is -2.48. The molecule has 1 saturated heterocycles. The number of hydrogen-bond donors (Lipinski definition) is 1. The topological polar surface area (TPSA) is 49.4 Å². The minimum absolute atomic E-state index is 0.0368. The minimum atomic E-state index is -3.45. The summed E-state index contributed by atoms with van der Waals surface area (Å²) in [4.78, 5) is 0. The van der Waals surface area contributed by atoms with Crippen LogP contribution >= 0.6 is 0 Å². The van der Waals surface area contributed by atoms with Gasteiger partial charge in [-0.2, -0.15) is 12.7 Å². The Morgan fingerprint density at radius 2 is 2.10 bits per heavy atom. The third-order valence-electron chi connectivity index (χ3n) is 3.69. The van der Waals surface area contributed by atoms with E-state index in [2.05, 4.69) is 4.72 Å². The van der Waals surface area contributed by atoms with E-state index in [4.69, 9.17) is 0 Å². The van der Waals surface area contributed by atoms with Crippen LogP contribution in [0.15, 0.2) is 24.3 Å². The molecule has 1 heterocycles. The van der Waals surface area contributed by atoms with Crippen LogP contribution in [0.2, 0.25) is 0 Å². The van der Waals surface area contributed by atoms with Crippen molar-refractivity contribution in [2.24, 2.45) is 0 Å². The van der Waals surface area contributed by atoms with Crippen molar-refractivity contribution in [3.63, 3.8) is 0 Å². The van der Waals surface area contributed by atoms with Gasteiger partial charge in [0.2, 0.25) is 0 Å². The lowest BCUT2D eigenvalue weighted by molar-refractivity contribution is 0.265. The van der Waals surface area contributed by atoms with Crippen molar-refractivity contribution in [2.45, 2.75) is 38.6 Å². The van der Waals surface area contributed by atoms with Gasteiger partial charge in [0.1, 0.15) is 5.82 Å². The van der Waals surface area contributed by atoms with Gasteiger partial charge in [0, 0.05) is 19.1 Å². The molecule has 1 aromatic rings. The molecule has 1 aliphatic rings. The van der Waals surface area contributed by atoms with Crippen LogP contribution in [0.1, 0.15) is 31.7 Å². The largest absolute Gasteiger partial charge is 0.279 e. The van der Waals surface area contributed by atoms with Gasteiger partial charge in [-0.15, -0.1) is 0 Å². The zero-order valence-electron chi connectivity index (χ0n) is 11.7. The molecule has 1 atom stereocenters. The summed E-state index contributed by atoms with van der Waals surface area (Å²) in [6, 6.07) is 6.47. The summed E-state index contributed by atoms with van der Waals surface area (Å²) >= 11 is 0. The van der Waals surface area contributed by atoms with Crippen molar-refractivity contribution >= 4 is 10.2 Å². The molecule has 1 unspecified atom stereocenters. The molecule has 0 aliphatic carbocycles. The number of nitrogens with zero attached hydrogens (tertiary/aromatic N) is 1. The molecule has 0 spiro atoms. The van der Waals surface area contributed by atoms with Crippen LogP contribution in [0.5, 0.6) is 0 Å². The van der Waals surface area contributed by atoms with E-state index in [9.17, 15) is 12.8 Å². The smallest absolute Gasteiger partial charge is 0.207 e. The predicted molar refractivity (Wildman–Crippen MR) is 77.0 cm³/mol. The maximum absolute atomic E-state index is 13.4. The lowest BCUT2D eigenvalue weighted by atomic mass is 10.1. The van der Waals surface area contributed by atoms with Gasteiger partial charge in [-0.1, -0.05) is 24.6 Å². The molecule has 2 rings (SSSR count). The van der Waals surface area contributed by atoms with Crippen LogP contribution in [0, 0.1) is 5.82 Å². The number of halogens is 1. The molecule has 0 saturated carbocycles. The molecule has 0 bridgehead atoms. The fraction of sp³-hybridized carbons (Fsp3) is 0.571. The third kappa shape index (κ3) is 3.77. The average molecular weight is 300 g/mol. The highest BCUT2D eigenvalue weighted by molar-refractivity contribution is 7.87. The van der Waals surface area contributed by atoms with Crippen molar-refractivity contribution in [2.75, 3.05) is 13.1 Å². The van der Waals surface area contributed by atoms with Gasteiger partial charge in [-0.25, -0.2) is 9.11 Å². The Morgan fingerprint density at radius 3 is 2.80 bits per heavy atom. The zero-order valence-corrected chi connectivity index (χ0v) is 12.5. The van der Waals surface area contributed by atoms with Crippen LogP contribution in [0.3, 0.4) is 0 Å². The molecule has 6 heteroatoms. The molecule has 1 N–H and O–H groups in total. The minimum Gasteiger partial charge on any atom is -0.207 e. The Hall–Kier alpha value is -0.980. The third-order valence-corrected chi connectivity index (χ3v) is 5.42. The van der Waals surface area contributed by atoms with E-state index in [0.29, 0.717) is 18.5 Å². The number of piperidine rings is 1.